The maximum atomic E-state index is 6.15. The molecule has 114 valence electrons. The van der Waals surface area contributed by atoms with Gasteiger partial charge in [0.1, 0.15) is 6.61 Å². The molecule has 3 heteroatoms. The highest BCUT2D eigenvalue weighted by molar-refractivity contribution is 6.07. The molecule has 2 aromatic carbocycles. The number of likely N-dealkylation sites (tertiary alicyclic amines) is 1. The smallest absolute Gasteiger partial charge is 0.127 e. The summed E-state index contributed by atoms with van der Waals surface area (Å²) in [7, 11) is 0. The van der Waals surface area contributed by atoms with Crippen molar-refractivity contribution in [2.45, 2.75) is 19.3 Å². The number of hydrogen-bond acceptors (Lipinski definition) is 2. The molecule has 1 saturated heterocycles. The summed E-state index contributed by atoms with van der Waals surface area (Å²) in [5.74, 6) is 0. The van der Waals surface area contributed by atoms with Gasteiger partial charge in [0.25, 0.3) is 0 Å². The average molecular weight is 294 g/mol. The summed E-state index contributed by atoms with van der Waals surface area (Å²) in [6.07, 6.45) is 4.04. The third-order valence-corrected chi connectivity index (χ3v) is 4.61. The molecule has 22 heavy (non-hydrogen) atoms. The normalized spacial score (nSPS) is 16.4. The van der Waals surface area contributed by atoms with Gasteiger partial charge in [-0.25, -0.2) is 0 Å². The zero-order valence-corrected chi connectivity index (χ0v) is 12.9. The van der Waals surface area contributed by atoms with Crippen LogP contribution in [0.1, 0.15) is 19.3 Å². The van der Waals surface area contributed by atoms with E-state index >= 15 is 0 Å². The van der Waals surface area contributed by atoms with E-state index in [0.717, 1.165) is 24.2 Å². The summed E-state index contributed by atoms with van der Waals surface area (Å²) in [4.78, 5) is 8.66. The molecule has 0 unspecified atom stereocenters. The van der Waals surface area contributed by atoms with E-state index in [1.165, 1.54) is 43.1 Å². The molecule has 0 saturated carbocycles. The van der Waals surface area contributed by atoms with Gasteiger partial charge in [0.2, 0.25) is 0 Å². The van der Waals surface area contributed by atoms with E-state index in [4.69, 9.17) is 4.84 Å². The van der Waals surface area contributed by atoms with Gasteiger partial charge in [-0.1, -0.05) is 42.8 Å². The number of aromatic nitrogens is 1. The molecular weight excluding hydrogens is 272 g/mol. The number of fused-ring (bicyclic) bond motifs is 3. The second-order valence-electron chi connectivity index (χ2n) is 6.06. The third-order valence-electron chi connectivity index (χ3n) is 4.61. The molecule has 2 heterocycles. The molecule has 0 bridgehead atoms. The number of nitrogens with zero attached hydrogens (tertiary/aromatic N) is 2. The molecule has 0 aliphatic carbocycles. The van der Waals surface area contributed by atoms with Gasteiger partial charge in [-0.3, -0.25) is 4.90 Å². The van der Waals surface area contributed by atoms with E-state index in [-0.39, 0.29) is 0 Å². The van der Waals surface area contributed by atoms with Crippen molar-refractivity contribution in [1.29, 1.82) is 0 Å². The first-order chi connectivity index (χ1) is 10.9. The second kappa shape index (κ2) is 6.01. The van der Waals surface area contributed by atoms with Crippen molar-refractivity contribution in [1.82, 2.24) is 9.63 Å². The van der Waals surface area contributed by atoms with Crippen LogP contribution in [0.25, 0.3) is 21.8 Å². The standard InChI is InChI=1S/C19H22N2O/c1-6-12-20(13-7-1)14-15-22-21-18-10-4-2-8-16(18)17-9-3-5-11-19(17)21/h2-5,8-11H,1,6-7,12-15H2. The molecule has 1 aromatic heterocycles. The van der Waals surface area contributed by atoms with Gasteiger partial charge in [0.05, 0.1) is 11.0 Å². The van der Waals surface area contributed by atoms with Crippen LogP contribution in [-0.2, 0) is 0 Å². The van der Waals surface area contributed by atoms with Gasteiger partial charge < -0.3 is 4.84 Å². The number of piperidine rings is 1. The van der Waals surface area contributed by atoms with Crippen LogP contribution in [0.5, 0.6) is 0 Å². The summed E-state index contributed by atoms with van der Waals surface area (Å²) in [5, 5.41) is 2.52. The Morgan fingerprint density at radius 3 is 2.00 bits per heavy atom. The van der Waals surface area contributed by atoms with Crippen molar-refractivity contribution in [3.05, 3.63) is 48.5 Å². The molecule has 0 amide bonds. The fourth-order valence-corrected chi connectivity index (χ4v) is 3.47. The van der Waals surface area contributed by atoms with Crippen LogP contribution in [0.3, 0.4) is 0 Å². The first-order valence-corrected chi connectivity index (χ1v) is 8.27. The van der Waals surface area contributed by atoms with Crippen molar-refractivity contribution in [2.24, 2.45) is 0 Å². The van der Waals surface area contributed by atoms with Gasteiger partial charge >= 0.3 is 0 Å². The molecular formula is C19H22N2O. The van der Waals surface area contributed by atoms with Crippen LogP contribution in [-0.4, -0.2) is 35.9 Å². The zero-order valence-electron chi connectivity index (χ0n) is 12.9. The lowest BCUT2D eigenvalue weighted by atomic mass is 10.1. The first-order valence-electron chi connectivity index (χ1n) is 8.27. The summed E-state index contributed by atoms with van der Waals surface area (Å²) in [6, 6.07) is 16.9. The Hall–Kier alpha value is -2.00. The highest BCUT2D eigenvalue weighted by Gasteiger charge is 2.12. The first kappa shape index (κ1) is 13.6. The van der Waals surface area contributed by atoms with Crippen molar-refractivity contribution in [3.8, 4) is 0 Å². The van der Waals surface area contributed by atoms with Crippen LogP contribution >= 0.6 is 0 Å². The van der Waals surface area contributed by atoms with E-state index < -0.39 is 0 Å². The quantitative estimate of drug-likeness (QED) is 0.730. The third kappa shape index (κ3) is 2.46. The number of rotatable bonds is 4. The zero-order chi connectivity index (χ0) is 14.8. The fourth-order valence-electron chi connectivity index (χ4n) is 3.47. The van der Waals surface area contributed by atoms with E-state index in [1.807, 2.05) is 4.73 Å². The van der Waals surface area contributed by atoms with Crippen LogP contribution in [0, 0.1) is 0 Å². The predicted octanol–water partition coefficient (Wildman–Crippen LogP) is 3.71. The van der Waals surface area contributed by atoms with Gasteiger partial charge in [0.15, 0.2) is 0 Å². The lowest BCUT2D eigenvalue weighted by molar-refractivity contribution is 0.0942. The van der Waals surface area contributed by atoms with Crippen molar-refractivity contribution < 1.29 is 4.84 Å². The Bertz CT molecular complexity index is 718. The van der Waals surface area contributed by atoms with Gasteiger partial charge in [0, 0.05) is 17.3 Å². The molecule has 1 aliphatic heterocycles. The summed E-state index contributed by atoms with van der Waals surface area (Å²) in [5.41, 5.74) is 2.31. The maximum absolute atomic E-state index is 6.15. The van der Waals surface area contributed by atoms with Crippen molar-refractivity contribution >= 4 is 21.8 Å². The van der Waals surface area contributed by atoms with Gasteiger partial charge in [-0.2, -0.15) is 4.73 Å². The summed E-state index contributed by atoms with van der Waals surface area (Å²) in [6.45, 7) is 4.19. The second-order valence-corrected chi connectivity index (χ2v) is 6.06. The molecule has 4 rings (SSSR count). The minimum atomic E-state index is 0.739. The summed E-state index contributed by atoms with van der Waals surface area (Å²) < 4.78 is 2.01. The van der Waals surface area contributed by atoms with Crippen LogP contribution in [0.4, 0.5) is 0 Å². The Balaban J connectivity index is 1.59. The topological polar surface area (TPSA) is 17.4 Å². The number of benzene rings is 2. The molecule has 0 radical (unpaired) electrons. The lowest BCUT2D eigenvalue weighted by Crippen LogP contribution is -2.34. The SMILES string of the molecule is c1ccc2c(c1)c1ccccc1n2OCCN1CCCCC1. The molecule has 1 aliphatic rings. The van der Waals surface area contributed by atoms with Gasteiger partial charge in [-0.05, 0) is 38.1 Å². The van der Waals surface area contributed by atoms with Crippen LogP contribution in [0.2, 0.25) is 0 Å². The average Bonchev–Trinajstić information content (AvgIpc) is 2.91. The Morgan fingerprint density at radius 2 is 1.36 bits per heavy atom. The monoisotopic (exact) mass is 294 g/mol. The van der Waals surface area contributed by atoms with Crippen molar-refractivity contribution in [3.63, 3.8) is 0 Å². The number of hydrogen-bond donors (Lipinski definition) is 0. The highest BCUT2D eigenvalue weighted by atomic mass is 16.7. The highest BCUT2D eigenvalue weighted by Crippen LogP contribution is 2.27. The van der Waals surface area contributed by atoms with Crippen LogP contribution in [0.15, 0.2) is 48.5 Å². The molecule has 0 spiro atoms. The van der Waals surface area contributed by atoms with Crippen LogP contribution < -0.4 is 4.84 Å². The van der Waals surface area contributed by atoms with E-state index in [2.05, 4.69) is 53.4 Å². The number of para-hydroxylation sites is 2. The molecule has 3 aromatic rings. The molecule has 3 nitrogen and oxygen atoms in total. The summed E-state index contributed by atoms with van der Waals surface area (Å²) >= 11 is 0. The van der Waals surface area contributed by atoms with E-state index in [0.29, 0.717) is 0 Å². The minimum absolute atomic E-state index is 0.739. The van der Waals surface area contributed by atoms with E-state index in [1.54, 1.807) is 0 Å². The maximum Gasteiger partial charge on any atom is 0.127 e. The van der Waals surface area contributed by atoms with E-state index in [9.17, 15) is 0 Å². The predicted molar refractivity (Wildman–Crippen MR) is 91.2 cm³/mol. The molecule has 0 atom stereocenters. The Kier molecular flexibility index (Phi) is 3.73. The Morgan fingerprint density at radius 1 is 0.773 bits per heavy atom. The van der Waals surface area contributed by atoms with Crippen molar-refractivity contribution in [2.75, 3.05) is 26.2 Å². The fraction of sp³-hybridized carbons (Fsp3) is 0.368. The lowest BCUT2D eigenvalue weighted by Gasteiger charge is -2.26. The molecule has 1 fully saturated rings. The van der Waals surface area contributed by atoms with Gasteiger partial charge in [-0.15, -0.1) is 0 Å². The largest absolute Gasteiger partial charge is 0.412 e. The molecule has 0 N–H and O–H groups in total. The minimum Gasteiger partial charge on any atom is -0.412 e. The Labute approximate surface area is 131 Å².